The minimum Gasteiger partial charge on any atom is -0.330 e. The maximum atomic E-state index is 12.0. The second-order valence-electron chi connectivity index (χ2n) is 4.20. The van der Waals surface area contributed by atoms with Crippen LogP contribution in [0.5, 0.6) is 0 Å². The number of pyridine rings is 1. The average molecular weight is 240 g/mol. The van der Waals surface area contributed by atoms with E-state index in [-0.39, 0.29) is 5.78 Å². The lowest BCUT2D eigenvalue weighted by Crippen LogP contribution is -2.05. The van der Waals surface area contributed by atoms with E-state index in [1.807, 2.05) is 24.3 Å². The van der Waals surface area contributed by atoms with Crippen molar-refractivity contribution in [3.63, 3.8) is 0 Å². The Bertz CT molecular complexity index is 506. The zero-order valence-corrected chi connectivity index (χ0v) is 10.2. The van der Waals surface area contributed by atoms with E-state index in [4.69, 9.17) is 5.73 Å². The minimum absolute atomic E-state index is 0.0923. The molecule has 0 aliphatic carbocycles. The van der Waals surface area contributed by atoms with Gasteiger partial charge in [-0.05, 0) is 36.2 Å². The lowest BCUT2D eigenvalue weighted by molar-refractivity contribution is 0.0992. The molecule has 1 aromatic heterocycles. The lowest BCUT2D eigenvalue weighted by Gasteiger charge is -2.03. The van der Waals surface area contributed by atoms with Crippen LogP contribution in [0.2, 0.25) is 0 Å². The highest BCUT2D eigenvalue weighted by molar-refractivity contribution is 5.97. The summed E-state index contributed by atoms with van der Waals surface area (Å²) in [4.78, 5) is 15.9. The number of carbonyl (C=O) groups excluding carboxylic acids is 1. The molecule has 0 aliphatic heterocycles. The first kappa shape index (κ1) is 12.5. The zero-order valence-electron chi connectivity index (χ0n) is 10.2. The summed E-state index contributed by atoms with van der Waals surface area (Å²) < 4.78 is 0. The van der Waals surface area contributed by atoms with E-state index in [0.29, 0.717) is 18.5 Å². The Balaban J connectivity index is 2.03. The first-order valence-electron chi connectivity index (χ1n) is 6.00. The van der Waals surface area contributed by atoms with Gasteiger partial charge in [0, 0.05) is 24.4 Å². The normalized spacial score (nSPS) is 10.3. The maximum Gasteiger partial charge on any atom is 0.168 e. The van der Waals surface area contributed by atoms with Crippen molar-refractivity contribution in [2.24, 2.45) is 5.73 Å². The Kier molecular flexibility index (Phi) is 4.20. The molecule has 92 valence electrons. The Morgan fingerprint density at radius 3 is 2.44 bits per heavy atom. The molecule has 0 spiro atoms. The minimum atomic E-state index is 0.0923. The van der Waals surface area contributed by atoms with Crippen LogP contribution in [0.25, 0.3) is 0 Å². The summed E-state index contributed by atoms with van der Waals surface area (Å²) in [5.74, 6) is 0.0923. The molecule has 1 heterocycles. The maximum absolute atomic E-state index is 12.0. The number of nitrogens with two attached hydrogens (primary N) is 1. The molecule has 0 unspecified atom stereocenters. The quantitative estimate of drug-likeness (QED) is 0.813. The number of hydrogen-bond acceptors (Lipinski definition) is 3. The van der Waals surface area contributed by atoms with Crippen LogP contribution >= 0.6 is 0 Å². The highest BCUT2D eigenvalue weighted by atomic mass is 16.1. The molecule has 3 nitrogen and oxygen atoms in total. The molecule has 2 aromatic rings. The van der Waals surface area contributed by atoms with Crippen LogP contribution in [0.15, 0.2) is 48.8 Å². The van der Waals surface area contributed by atoms with E-state index in [9.17, 15) is 4.79 Å². The van der Waals surface area contributed by atoms with Gasteiger partial charge in [-0.1, -0.05) is 24.3 Å². The van der Waals surface area contributed by atoms with Crippen LogP contribution in [0.1, 0.15) is 21.5 Å². The van der Waals surface area contributed by atoms with Crippen molar-refractivity contribution in [3.05, 3.63) is 65.5 Å². The van der Waals surface area contributed by atoms with Gasteiger partial charge in [-0.3, -0.25) is 9.78 Å². The molecule has 0 radical (unpaired) electrons. The van der Waals surface area contributed by atoms with Gasteiger partial charge >= 0.3 is 0 Å². The molecule has 2 N–H and O–H groups in total. The summed E-state index contributed by atoms with van der Waals surface area (Å²) in [5, 5.41) is 0. The van der Waals surface area contributed by atoms with Gasteiger partial charge in [0.15, 0.2) is 5.78 Å². The Morgan fingerprint density at radius 2 is 1.83 bits per heavy atom. The molecular formula is C15H16N2O. The molecule has 0 amide bonds. The molecule has 18 heavy (non-hydrogen) atoms. The molecule has 0 bridgehead atoms. The summed E-state index contributed by atoms with van der Waals surface area (Å²) in [6.07, 6.45) is 4.55. The second kappa shape index (κ2) is 6.07. The molecule has 0 saturated carbocycles. The topological polar surface area (TPSA) is 56.0 Å². The predicted octanol–water partition coefficient (Wildman–Crippen LogP) is 2.01. The molecule has 0 fully saturated rings. The van der Waals surface area contributed by atoms with Crippen molar-refractivity contribution in [2.45, 2.75) is 12.8 Å². The predicted molar refractivity (Wildman–Crippen MR) is 71.5 cm³/mol. The Hall–Kier alpha value is -2.00. The van der Waals surface area contributed by atoms with Gasteiger partial charge < -0.3 is 5.73 Å². The molecule has 0 aliphatic rings. The summed E-state index contributed by atoms with van der Waals surface area (Å²) >= 11 is 0. The number of Topliss-reactive ketones (excluding diaryl/α,β-unsaturated/α-hetero) is 1. The van der Waals surface area contributed by atoms with Crippen LogP contribution in [0.4, 0.5) is 0 Å². The van der Waals surface area contributed by atoms with Crippen molar-refractivity contribution < 1.29 is 4.79 Å². The molecule has 2 rings (SSSR count). The zero-order chi connectivity index (χ0) is 12.8. The monoisotopic (exact) mass is 240 g/mol. The Labute approximate surface area is 107 Å². The van der Waals surface area contributed by atoms with Gasteiger partial charge in [-0.2, -0.15) is 0 Å². The summed E-state index contributed by atoms with van der Waals surface area (Å²) in [6.45, 7) is 0.647. The molecule has 0 saturated heterocycles. The third kappa shape index (κ3) is 3.25. The first-order valence-corrected chi connectivity index (χ1v) is 6.00. The average Bonchev–Trinajstić information content (AvgIpc) is 2.42. The summed E-state index contributed by atoms with van der Waals surface area (Å²) in [7, 11) is 0. The Morgan fingerprint density at radius 1 is 1.11 bits per heavy atom. The molecule has 3 heteroatoms. The van der Waals surface area contributed by atoms with E-state index in [0.717, 1.165) is 12.0 Å². The van der Waals surface area contributed by atoms with Crippen LogP contribution in [0, 0.1) is 0 Å². The van der Waals surface area contributed by atoms with Crippen LogP contribution < -0.4 is 5.73 Å². The fourth-order valence-corrected chi connectivity index (χ4v) is 1.81. The van der Waals surface area contributed by atoms with E-state index in [1.165, 1.54) is 5.56 Å². The number of nitrogens with zero attached hydrogens (tertiary/aromatic N) is 1. The van der Waals surface area contributed by atoms with Crippen molar-refractivity contribution in [2.75, 3.05) is 6.54 Å². The van der Waals surface area contributed by atoms with Crippen molar-refractivity contribution >= 4 is 5.78 Å². The van der Waals surface area contributed by atoms with E-state index in [1.54, 1.807) is 24.5 Å². The van der Waals surface area contributed by atoms with Gasteiger partial charge in [-0.25, -0.2) is 0 Å². The number of carbonyl (C=O) groups is 1. The lowest BCUT2D eigenvalue weighted by atomic mass is 10.0. The first-order chi connectivity index (χ1) is 8.79. The van der Waals surface area contributed by atoms with E-state index in [2.05, 4.69) is 4.98 Å². The number of rotatable bonds is 5. The molecule has 0 atom stereocenters. The molecular weight excluding hydrogens is 224 g/mol. The van der Waals surface area contributed by atoms with Gasteiger partial charge in [0.25, 0.3) is 0 Å². The van der Waals surface area contributed by atoms with Crippen LogP contribution in [-0.2, 0) is 12.8 Å². The van der Waals surface area contributed by atoms with Crippen LogP contribution in [0.3, 0.4) is 0 Å². The van der Waals surface area contributed by atoms with Gasteiger partial charge in [-0.15, -0.1) is 0 Å². The highest BCUT2D eigenvalue weighted by Crippen LogP contribution is 2.09. The van der Waals surface area contributed by atoms with Gasteiger partial charge in [0.1, 0.15) is 0 Å². The van der Waals surface area contributed by atoms with Crippen molar-refractivity contribution in [1.82, 2.24) is 4.98 Å². The van der Waals surface area contributed by atoms with Gasteiger partial charge in [0.05, 0.1) is 0 Å². The van der Waals surface area contributed by atoms with E-state index >= 15 is 0 Å². The van der Waals surface area contributed by atoms with Crippen molar-refractivity contribution in [3.8, 4) is 0 Å². The fraction of sp³-hybridized carbons (Fsp3) is 0.200. The van der Waals surface area contributed by atoms with E-state index < -0.39 is 0 Å². The SMILES string of the molecule is NCCc1ccc(CC(=O)c2cccnc2)cc1. The number of ketones is 1. The van der Waals surface area contributed by atoms with Crippen molar-refractivity contribution in [1.29, 1.82) is 0 Å². The largest absolute Gasteiger partial charge is 0.330 e. The van der Waals surface area contributed by atoms with Gasteiger partial charge in [0.2, 0.25) is 0 Å². The number of aromatic nitrogens is 1. The standard InChI is InChI=1S/C15H16N2O/c16-8-7-12-3-5-13(6-4-12)10-15(18)14-2-1-9-17-11-14/h1-6,9,11H,7-8,10,16H2. The third-order valence-electron chi connectivity index (χ3n) is 2.80. The van der Waals surface area contributed by atoms with Crippen LogP contribution in [-0.4, -0.2) is 17.3 Å². The highest BCUT2D eigenvalue weighted by Gasteiger charge is 2.06. The summed E-state index contributed by atoms with van der Waals surface area (Å²) in [6, 6.07) is 11.6. The number of hydrogen-bond donors (Lipinski definition) is 1. The third-order valence-corrected chi connectivity index (χ3v) is 2.80. The smallest absolute Gasteiger partial charge is 0.168 e. The number of benzene rings is 1. The second-order valence-corrected chi connectivity index (χ2v) is 4.20. The summed E-state index contributed by atoms with van der Waals surface area (Å²) in [5.41, 5.74) is 8.37. The fourth-order valence-electron chi connectivity index (χ4n) is 1.81. The molecule has 1 aromatic carbocycles.